The van der Waals surface area contributed by atoms with Gasteiger partial charge < -0.3 is 10.0 Å². The molecule has 0 saturated carbocycles. The normalized spacial score (nSPS) is 10.4. The van der Waals surface area contributed by atoms with E-state index in [-0.39, 0.29) is 18.9 Å². The Morgan fingerprint density at radius 1 is 1.50 bits per heavy atom. The maximum Gasteiger partial charge on any atom is 0.224 e. The van der Waals surface area contributed by atoms with Crippen LogP contribution < -0.4 is 0 Å². The van der Waals surface area contributed by atoms with Crippen molar-refractivity contribution in [2.24, 2.45) is 5.92 Å². The lowest BCUT2D eigenvalue weighted by Crippen LogP contribution is -2.28. The van der Waals surface area contributed by atoms with Crippen LogP contribution in [-0.4, -0.2) is 36.1 Å². The third-order valence-electron chi connectivity index (χ3n) is 1.79. The molecule has 0 aliphatic rings. The Balaban J connectivity index is 3.56. The molecule has 72 valence electrons. The molecule has 0 aromatic heterocycles. The summed E-state index contributed by atoms with van der Waals surface area (Å²) in [6, 6.07) is 0. The van der Waals surface area contributed by atoms with E-state index in [1.807, 2.05) is 0 Å². The summed E-state index contributed by atoms with van der Waals surface area (Å²) in [4.78, 5) is 12.8. The third-order valence-corrected chi connectivity index (χ3v) is 1.79. The molecule has 0 radical (unpaired) electrons. The lowest BCUT2D eigenvalue weighted by atomic mass is 10.1. The standard InChI is InChI=1S/C9H19NO2/c1-8(2)4-6-10(3)9(12)5-7-11/h8,11H,4-7H2,1-3H3. The van der Waals surface area contributed by atoms with Crippen LogP contribution in [0, 0.1) is 5.92 Å². The first kappa shape index (κ1) is 11.4. The summed E-state index contributed by atoms with van der Waals surface area (Å²) >= 11 is 0. The second-order valence-corrected chi connectivity index (χ2v) is 3.47. The van der Waals surface area contributed by atoms with Crippen molar-refractivity contribution < 1.29 is 9.90 Å². The van der Waals surface area contributed by atoms with E-state index in [1.54, 1.807) is 11.9 Å². The Kier molecular flexibility index (Phi) is 5.72. The van der Waals surface area contributed by atoms with Crippen LogP contribution in [0.2, 0.25) is 0 Å². The molecule has 3 nitrogen and oxygen atoms in total. The van der Waals surface area contributed by atoms with Crippen LogP contribution >= 0.6 is 0 Å². The van der Waals surface area contributed by atoms with E-state index in [9.17, 15) is 4.79 Å². The van der Waals surface area contributed by atoms with Gasteiger partial charge in [-0.25, -0.2) is 0 Å². The quantitative estimate of drug-likeness (QED) is 0.670. The number of rotatable bonds is 5. The van der Waals surface area contributed by atoms with Crippen LogP contribution in [0.5, 0.6) is 0 Å². The summed E-state index contributed by atoms with van der Waals surface area (Å²) < 4.78 is 0. The molecule has 0 saturated heterocycles. The number of aliphatic hydroxyl groups excluding tert-OH is 1. The van der Waals surface area contributed by atoms with Gasteiger partial charge in [0.05, 0.1) is 6.61 Å². The molecule has 0 aromatic rings. The third kappa shape index (κ3) is 5.13. The first-order valence-electron chi connectivity index (χ1n) is 4.42. The predicted molar refractivity (Wildman–Crippen MR) is 48.8 cm³/mol. The number of carbonyl (C=O) groups is 1. The van der Waals surface area contributed by atoms with Crippen LogP contribution in [0.3, 0.4) is 0 Å². The van der Waals surface area contributed by atoms with Crippen molar-refractivity contribution in [1.82, 2.24) is 4.90 Å². The number of nitrogens with zero attached hydrogens (tertiary/aromatic N) is 1. The molecule has 0 fully saturated rings. The smallest absolute Gasteiger partial charge is 0.224 e. The SMILES string of the molecule is CC(C)CCN(C)C(=O)CCO. The first-order chi connectivity index (χ1) is 5.57. The molecule has 1 N–H and O–H groups in total. The van der Waals surface area contributed by atoms with Crippen molar-refractivity contribution in [1.29, 1.82) is 0 Å². The first-order valence-corrected chi connectivity index (χ1v) is 4.42. The van der Waals surface area contributed by atoms with E-state index >= 15 is 0 Å². The van der Waals surface area contributed by atoms with Crippen molar-refractivity contribution in [2.75, 3.05) is 20.2 Å². The minimum atomic E-state index is -0.0507. The lowest BCUT2D eigenvalue weighted by molar-refractivity contribution is -0.130. The van der Waals surface area contributed by atoms with Crippen LogP contribution in [0.25, 0.3) is 0 Å². The summed E-state index contributed by atoms with van der Waals surface area (Å²) in [5, 5.41) is 8.52. The van der Waals surface area contributed by atoms with Crippen molar-refractivity contribution in [3.8, 4) is 0 Å². The topological polar surface area (TPSA) is 40.5 Å². The van der Waals surface area contributed by atoms with E-state index in [4.69, 9.17) is 5.11 Å². The summed E-state index contributed by atoms with van der Waals surface area (Å²) in [7, 11) is 1.78. The van der Waals surface area contributed by atoms with Gasteiger partial charge in [0.25, 0.3) is 0 Å². The average Bonchev–Trinajstić information content (AvgIpc) is 2.00. The van der Waals surface area contributed by atoms with Gasteiger partial charge >= 0.3 is 0 Å². The van der Waals surface area contributed by atoms with E-state index in [1.165, 1.54) is 0 Å². The van der Waals surface area contributed by atoms with Gasteiger partial charge in [0.2, 0.25) is 5.91 Å². The van der Waals surface area contributed by atoms with Gasteiger partial charge in [-0.1, -0.05) is 13.8 Å². The Morgan fingerprint density at radius 3 is 2.50 bits per heavy atom. The van der Waals surface area contributed by atoms with Crippen LogP contribution in [0.4, 0.5) is 0 Å². The fourth-order valence-electron chi connectivity index (χ4n) is 0.863. The van der Waals surface area contributed by atoms with Gasteiger partial charge in [0.1, 0.15) is 0 Å². The lowest BCUT2D eigenvalue weighted by Gasteiger charge is -2.17. The number of carbonyl (C=O) groups excluding carboxylic acids is 1. The molecule has 0 heterocycles. The van der Waals surface area contributed by atoms with E-state index in [2.05, 4.69) is 13.8 Å². The minimum Gasteiger partial charge on any atom is -0.396 e. The van der Waals surface area contributed by atoms with Gasteiger partial charge in [-0.2, -0.15) is 0 Å². The fourth-order valence-corrected chi connectivity index (χ4v) is 0.863. The number of amides is 1. The van der Waals surface area contributed by atoms with Gasteiger partial charge in [0, 0.05) is 20.0 Å². The van der Waals surface area contributed by atoms with Crippen LogP contribution in [0.1, 0.15) is 26.7 Å². The van der Waals surface area contributed by atoms with Crippen molar-refractivity contribution in [3.05, 3.63) is 0 Å². The molecular weight excluding hydrogens is 154 g/mol. The predicted octanol–water partition coefficient (Wildman–Crippen LogP) is 0.873. The molecule has 0 unspecified atom stereocenters. The second-order valence-electron chi connectivity index (χ2n) is 3.47. The maximum absolute atomic E-state index is 11.1. The molecule has 1 amide bonds. The van der Waals surface area contributed by atoms with Gasteiger partial charge in [0.15, 0.2) is 0 Å². The van der Waals surface area contributed by atoms with E-state index in [0.717, 1.165) is 13.0 Å². The maximum atomic E-state index is 11.1. The summed E-state index contributed by atoms with van der Waals surface area (Å²) in [5.41, 5.74) is 0. The Morgan fingerprint density at radius 2 is 2.08 bits per heavy atom. The van der Waals surface area contributed by atoms with E-state index in [0.29, 0.717) is 5.92 Å². The Hall–Kier alpha value is -0.570. The highest BCUT2D eigenvalue weighted by atomic mass is 16.3. The zero-order chi connectivity index (χ0) is 9.56. The number of hydrogen-bond acceptors (Lipinski definition) is 2. The molecule has 12 heavy (non-hydrogen) atoms. The minimum absolute atomic E-state index is 0.0261. The molecule has 0 spiro atoms. The molecule has 0 bridgehead atoms. The molecule has 0 aliphatic carbocycles. The highest BCUT2D eigenvalue weighted by Gasteiger charge is 2.07. The molecule has 0 aromatic carbocycles. The van der Waals surface area contributed by atoms with Gasteiger partial charge in [-0.15, -0.1) is 0 Å². The summed E-state index contributed by atoms with van der Waals surface area (Å²) in [6.45, 7) is 5.00. The zero-order valence-corrected chi connectivity index (χ0v) is 8.21. The average molecular weight is 173 g/mol. The van der Waals surface area contributed by atoms with Crippen molar-refractivity contribution in [3.63, 3.8) is 0 Å². The Labute approximate surface area is 74.4 Å². The Bertz CT molecular complexity index is 134. The number of aliphatic hydroxyl groups is 1. The molecule has 0 atom stereocenters. The molecule has 0 aliphatic heterocycles. The molecular formula is C9H19NO2. The highest BCUT2D eigenvalue weighted by Crippen LogP contribution is 2.01. The van der Waals surface area contributed by atoms with Gasteiger partial charge in [-0.05, 0) is 12.3 Å². The number of hydrogen-bond donors (Lipinski definition) is 1. The second kappa shape index (κ2) is 6.00. The zero-order valence-electron chi connectivity index (χ0n) is 8.21. The summed E-state index contributed by atoms with van der Waals surface area (Å²) in [5.74, 6) is 0.646. The highest BCUT2D eigenvalue weighted by molar-refractivity contribution is 5.75. The van der Waals surface area contributed by atoms with Crippen molar-refractivity contribution >= 4 is 5.91 Å². The fraction of sp³-hybridized carbons (Fsp3) is 0.889. The summed E-state index contributed by atoms with van der Waals surface area (Å²) in [6.07, 6.45) is 1.27. The van der Waals surface area contributed by atoms with Gasteiger partial charge in [-0.3, -0.25) is 4.79 Å². The largest absolute Gasteiger partial charge is 0.396 e. The van der Waals surface area contributed by atoms with Crippen LogP contribution in [-0.2, 0) is 4.79 Å². The molecule has 3 heteroatoms. The van der Waals surface area contributed by atoms with E-state index < -0.39 is 0 Å². The van der Waals surface area contributed by atoms with Crippen LogP contribution in [0.15, 0.2) is 0 Å². The van der Waals surface area contributed by atoms with Crippen molar-refractivity contribution in [2.45, 2.75) is 26.7 Å². The molecule has 0 rings (SSSR count). The monoisotopic (exact) mass is 173 g/mol.